The molecular formula is C12H15F2NO4S. The largest absolute Gasteiger partial charge is 0.480 e. The molecule has 112 valence electrons. The molecule has 0 saturated carbocycles. The molecule has 0 amide bonds. The van der Waals surface area contributed by atoms with Crippen LogP contribution in [-0.4, -0.2) is 25.5 Å². The standard InChI is InChI=1S/C12H15F2NO4S/c1-2-3-4-11(12(16)17)15-20(18,19)8-5-6-9(13)10(14)7-8/h5-7,11,15H,2-4H2,1H3,(H,16,17)/t11-/m0/s1. The van der Waals surface area contributed by atoms with Gasteiger partial charge in [-0.25, -0.2) is 17.2 Å². The number of aliphatic carboxylic acids is 1. The van der Waals surface area contributed by atoms with Gasteiger partial charge in [0.15, 0.2) is 11.6 Å². The Hall–Kier alpha value is -1.54. The molecule has 20 heavy (non-hydrogen) atoms. The summed E-state index contributed by atoms with van der Waals surface area (Å²) < 4.78 is 51.6. The molecule has 0 aliphatic heterocycles. The topological polar surface area (TPSA) is 83.5 Å². The molecule has 0 saturated heterocycles. The van der Waals surface area contributed by atoms with Crippen LogP contribution in [0.15, 0.2) is 23.1 Å². The van der Waals surface area contributed by atoms with Crippen LogP contribution in [0.1, 0.15) is 26.2 Å². The molecule has 2 N–H and O–H groups in total. The van der Waals surface area contributed by atoms with Gasteiger partial charge in [0.05, 0.1) is 4.90 Å². The Kier molecular flexibility index (Phi) is 5.58. The number of rotatable bonds is 7. The maximum absolute atomic E-state index is 13.0. The number of carboxylic acids is 1. The number of sulfonamides is 1. The lowest BCUT2D eigenvalue weighted by atomic mass is 10.1. The summed E-state index contributed by atoms with van der Waals surface area (Å²) >= 11 is 0. The van der Waals surface area contributed by atoms with Crippen molar-refractivity contribution in [2.24, 2.45) is 0 Å². The van der Waals surface area contributed by atoms with Gasteiger partial charge in [0.25, 0.3) is 0 Å². The highest BCUT2D eigenvalue weighted by atomic mass is 32.2. The smallest absolute Gasteiger partial charge is 0.321 e. The maximum Gasteiger partial charge on any atom is 0.321 e. The molecule has 0 aliphatic rings. The molecule has 0 radical (unpaired) electrons. The first-order chi connectivity index (χ1) is 9.27. The highest BCUT2D eigenvalue weighted by Gasteiger charge is 2.25. The van der Waals surface area contributed by atoms with Crippen LogP contribution in [0.4, 0.5) is 8.78 Å². The lowest BCUT2D eigenvalue weighted by Crippen LogP contribution is -2.40. The minimum absolute atomic E-state index is 0.120. The molecule has 5 nitrogen and oxygen atoms in total. The Balaban J connectivity index is 2.97. The van der Waals surface area contributed by atoms with Crippen molar-refractivity contribution in [2.45, 2.75) is 37.1 Å². The van der Waals surface area contributed by atoms with E-state index in [1.54, 1.807) is 0 Å². The zero-order chi connectivity index (χ0) is 15.3. The first-order valence-electron chi connectivity index (χ1n) is 5.98. The van der Waals surface area contributed by atoms with Crippen molar-refractivity contribution < 1.29 is 27.1 Å². The summed E-state index contributed by atoms with van der Waals surface area (Å²) in [5, 5.41) is 8.95. The van der Waals surface area contributed by atoms with Gasteiger partial charge in [-0.15, -0.1) is 0 Å². The summed E-state index contributed by atoms with van der Waals surface area (Å²) in [5.41, 5.74) is 0. The fraction of sp³-hybridized carbons (Fsp3) is 0.417. The van der Waals surface area contributed by atoms with Gasteiger partial charge in [-0.3, -0.25) is 4.79 Å². The van der Waals surface area contributed by atoms with E-state index in [-0.39, 0.29) is 6.42 Å². The summed E-state index contributed by atoms with van der Waals surface area (Å²) in [6, 6.07) is 0.759. The van der Waals surface area contributed by atoms with E-state index < -0.39 is 38.6 Å². The molecule has 0 spiro atoms. The molecule has 0 aromatic heterocycles. The van der Waals surface area contributed by atoms with Gasteiger partial charge in [0.1, 0.15) is 6.04 Å². The minimum Gasteiger partial charge on any atom is -0.480 e. The van der Waals surface area contributed by atoms with E-state index >= 15 is 0 Å². The Morgan fingerprint density at radius 3 is 2.50 bits per heavy atom. The van der Waals surface area contributed by atoms with Crippen molar-refractivity contribution in [2.75, 3.05) is 0 Å². The number of hydrogen-bond donors (Lipinski definition) is 2. The van der Waals surface area contributed by atoms with Crippen molar-refractivity contribution in [1.82, 2.24) is 4.72 Å². The average molecular weight is 307 g/mol. The van der Waals surface area contributed by atoms with Crippen LogP contribution in [0, 0.1) is 11.6 Å². The number of halogens is 2. The van der Waals surface area contributed by atoms with Gasteiger partial charge < -0.3 is 5.11 Å². The molecule has 1 atom stereocenters. The summed E-state index contributed by atoms with van der Waals surface area (Å²) in [7, 11) is -4.21. The van der Waals surface area contributed by atoms with Crippen molar-refractivity contribution >= 4 is 16.0 Å². The van der Waals surface area contributed by atoms with Crippen molar-refractivity contribution in [3.8, 4) is 0 Å². The molecule has 0 unspecified atom stereocenters. The average Bonchev–Trinajstić information content (AvgIpc) is 2.37. The van der Waals surface area contributed by atoms with Crippen LogP contribution in [0.25, 0.3) is 0 Å². The van der Waals surface area contributed by atoms with Crippen molar-refractivity contribution in [1.29, 1.82) is 0 Å². The van der Waals surface area contributed by atoms with Gasteiger partial charge in [0, 0.05) is 0 Å². The molecule has 1 rings (SSSR count). The SMILES string of the molecule is CCCC[C@H](NS(=O)(=O)c1ccc(F)c(F)c1)C(=O)O. The van der Waals surface area contributed by atoms with Crippen LogP contribution < -0.4 is 4.72 Å². The number of benzene rings is 1. The fourth-order valence-electron chi connectivity index (χ4n) is 1.54. The zero-order valence-corrected chi connectivity index (χ0v) is 11.6. The van der Waals surface area contributed by atoms with Crippen LogP contribution in [0.3, 0.4) is 0 Å². The predicted molar refractivity (Wildman–Crippen MR) is 67.6 cm³/mol. The second-order valence-corrected chi connectivity index (χ2v) is 5.94. The summed E-state index contributed by atoms with van der Waals surface area (Å²) in [4.78, 5) is 10.5. The molecule has 0 bridgehead atoms. The van der Waals surface area contributed by atoms with Gasteiger partial charge in [0.2, 0.25) is 10.0 Å². The Bertz CT molecular complexity index is 589. The van der Waals surface area contributed by atoms with E-state index in [4.69, 9.17) is 5.11 Å². The second kappa shape index (κ2) is 6.76. The second-order valence-electron chi connectivity index (χ2n) is 4.23. The minimum atomic E-state index is -4.21. The molecular weight excluding hydrogens is 292 g/mol. The van der Waals surface area contributed by atoms with Crippen LogP contribution >= 0.6 is 0 Å². The first kappa shape index (κ1) is 16.5. The molecule has 1 aromatic carbocycles. The Morgan fingerprint density at radius 2 is 2.00 bits per heavy atom. The third-order valence-electron chi connectivity index (χ3n) is 2.64. The molecule has 0 heterocycles. The van der Waals surface area contributed by atoms with Crippen LogP contribution in [0.2, 0.25) is 0 Å². The van der Waals surface area contributed by atoms with Crippen LogP contribution in [0.5, 0.6) is 0 Å². The van der Waals surface area contributed by atoms with E-state index in [1.165, 1.54) is 0 Å². The number of carbonyl (C=O) groups is 1. The lowest BCUT2D eigenvalue weighted by molar-refractivity contribution is -0.139. The first-order valence-corrected chi connectivity index (χ1v) is 7.46. The number of hydrogen-bond acceptors (Lipinski definition) is 3. The maximum atomic E-state index is 13.0. The van der Waals surface area contributed by atoms with Crippen molar-refractivity contribution in [3.05, 3.63) is 29.8 Å². The quantitative estimate of drug-likeness (QED) is 0.805. The third kappa shape index (κ3) is 4.24. The Labute approximate surface area is 115 Å². The van der Waals surface area contributed by atoms with E-state index in [0.717, 1.165) is 6.07 Å². The molecule has 0 fully saturated rings. The van der Waals surface area contributed by atoms with Gasteiger partial charge >= 0.3 is 5.97 Å². The molecule has 0 aliphatic carbocycles. The zero-order valence-electron chi connectivity index (χ0n) is 10.8. The highest BCUT2D eigenvalue weighted by Crippen LogP contribution is 2.15. The number of carboxylic acid groups (broad SMARTS) is 1. The summed E-state index contributed by atoms with van der Waals surface area (Å²) in [5.74, 6) is -3.80. The molecule has 8 heteroatoms. The predicted octanol–water partition coefficient (Wildman–Crippen LogP) is 1.89. The number of nitrogens with one attached hydrogen (secondary N) is 1. The van der Waals surface area contributed by atoms with Gasteiger partial charge in [-0.2, -0.15) is 4.72 Å². The molecule has 1 aromatic rings. The van der Waals surface area contributed by atoms with Gasteiger partial charge in [-0.05, 0) is 24.6 Å². The highest BCUT2D eigenvalue weighted by molar-refractivity contribution is 7.89. The van der Waals surface area contributed by atoms with E-state index in [1.807, 2.05) is 11.6 Å². The van der Waals surface area contributed by atoms with E-state index in [9.17, 15) is 22.0 Å². The Morgan fingerprint density at radius 1 is 1.35 bits per heavy atom. The van der Waals surface area contributed by atoms with Gasteiger partial charge in [-0.1, -0.05) is 19.8 Å². The summed E-state index contributed by atoms with van der Waals surface area (Å²) in [6.45, 7) is 1.84. The number of unbranched alkanes of at least 4 members (excludes halogenated alkanes) is 1. The lowest BCUT2D eigenvalue weighted by Gasteiger charge is -2.14. The van der Waals surface area contributed by atoms with E-state index in [0.29, 0.717) is 25.0 Å². The third-order valence-corrected chi connectivity index (χ3v) is 4.11. The van der Waals surface area contributed by atoms with E-state index in [2.05, 4.69) is 0 Å². The van der Waals surface area contributed by atoms with Crippen molar-refractivity contribution in [3.63, 3.8) is 0 Å². The fourth-order valence-corrected chi connectivity index (χ4v) is 2.78. The normalized spacial score (nSPS) is 13.2. The summed E-state index contributed by atoms with van der Waals surface area (Å²) in [6.07, 6.45) is 1.35. The monoisotopic (exact) mass is 307 g/mol. The van der Waals surface area contributed by atoms with Crippen LogP contribution in [-0.2, 0) is 14.8 Å².